The molecule has 2 aliphatic rings. The van der Waals surface area contributed by atoms with Crippen molar-refractivity contribution in [3.8, 4) is 0 Å². The number of fused-ring (bicyclic) bond motifs is 2. The number of carboxylic acid groups (broad SMARTS) is 1. The van der Waals surface area contributed by atoms with E-state index >= 15 is 0 Å². The van der Waals surface area contributed by atoms with E-state index < -0.39 is 44.0 Å². The average Bonchev–Trinajstić information content (AvgIpc) is 3.53. The van der Waals surface area contributed by atoms with Crippen molar-refractivity contribution in [3.63, 3.8) is 0 Å². The molecule has 0 radical (unpaired) electrons. The molecule has 8 N–H and O–H groups in total. The SMILES string of the molecule is CO.C[NH-].O=C(O)CCNC(=O)C(CNC(=O)c1ccc2c(c1)B(O)OC2)NC(=O)c1ccc2c(c1)B(O)OC2.[U]. The second-order valence-corrected chi connectivity index (χ2v) is 8.32. The minimum Gasteiger partial charge on any atom is -0.680 e. The van der Waals surface area contributed by atoms with Crippen molar-refractivity contribution in [1.82, 2.24) is 16.0 Å². The number of amides is 3. The number of nitrogens with one attached hydrogen (secondary N) is 4. The van der Waals surface area contributed by atoms with E-state index in [0.717, 1.165) is 18.2 Å². The normalized spacial score (nSPS) is 13.1. The zero-order valence-electron chi connectivity index (χ0n) is 22.5. The zero-order chi connectivity index (χ0) is 29.8. The average molecular weight is 795 g/mol. The number of aliphatic hydroxyl groups excluding tert-OH is 1. The smallest absolute Gasteiger partial charge is 0.491 e. The molecule has 0 bridgehead atoms. The van der Waals surface area contributed by atoms with Crippen LogP contribution in [0.25, 0.3) is 5.73 Å². The van der Waals surface area contributed by atoms with Gasteiger partial charge < -0.3 is 51.3 Å². The molecule has 2 heterocycles. The minimum atomic E-state index is -1.23. The molecule has 0 saturated carbocycles. The molecule has 0 spiro atoms. The van der Waals surface area contributed by atoms with Crippen LogP contribution in [0, 0.1) is 31.1 Å². The van der Waals surface area contributed by atoms with Crippen LogP contribution in [0.15, 0.2) is 36.4 Å². The van der Waals surface area contributed by atoms with Gasteiger partial charge in [0.2, 0.25) is 5.91 Å². The maximum atomic E-state index is 12.9. The van der Waals surface area contributed by atoms with Crippen LogP contribution in [0.5, 0.6) is 0 Å². The molecule has 0 aliphatic carbocycles. The summed E-state index contributed by atoms with van der Waals surface area (Å²) in [6.45, 7) is -0.0182. The minimum absolute atomic E-state index is 0. The Bertz CT molecular complexity index is 1220. The number of aliphatic carboxylic acids is 1. The van der Waals surface area contributed by atoms with Crippen molar-refractivity contribution in [2.24, 2.45) is 0 Å². The number of carboxylic acids is 1. The third-order valence-electron chi connectivity index (χ3n) is 5.87. The number of carbonyl (C=O) groups is 4. The van der Waals surface area contributed by atoms with Crippen molar-refractivity contribution in [3.05, 3.63) is 64.4 Å². The van der Waals surface area contributed by atoms with Gasteiger partial charge in [0, 0.05) is 62.4 Å². The molecule has 1 atom stereocenters. The van der Waals surface area contributed by atoms with Gasteiger partial charge in [-0.3, -0.25) is 19.2 Å². The Hall–Kier alpha value is -2.74. The van der Waals surface area contributed by atoms with Crippen molar-refractivity contribution in [1.29, 1.82) is 0 Å². The Kier molecular flexibility index (Phi) is 15.9. The van der Waals surface area contributed by atoms with Crippen LogP contribution in [-0.4, -0.2) is 91.5 Å². The van der Waals surface area contributed by atoms with E-state index in [0.29, 0.717) is 10.9 Å². The summed E-state index contributed by atoms with van der Waals surface area (Å²) in [6.07, 6.45) is -0.318. The number of rotatable bonds is 9. The van der Waals surface area contributed by atoms with Gasteiger partial charge in [0.25, 0.3) is 11.8 Å². The molecule has 0 fully saturated rings. The zero-order valence-corrected chi connectivity index (χ0v) is 26.6. The molecule has 218 valence electrons. The van der Waals surface area contributed by atoms with E-state index in [1.165, 1.54) is 25.2 Å². The molecule has 1 unspecified atom stereocenters. The molecule has 3 amide bonds. The summed E-state index contributed by atoms with van der Waals surface area (Å²) in [4.78, 5) is 49.0. The monoisotopic (exact) mass is 795 g/mol. The number of aliphatic hydroxyl groups is 1. The Balaban J connectivity index is 0.00000161. The molecule has 14 nitrogen and oxygen atoms in total. The van der Waals surface area contributed by atoms with Crippen LogP contribution in [0.1, 0.15) is 38.3 Å². The van der Waals surface area contributed by atoms with E-state index in [1.54, 1.807) is 18.2 Å². The van der Waals surface area contributed by atoms with Crippen LogP contribution in [0.2, 0.25) is 0 Å². The first-order valence-corrected chi connectivity index (χ1v) is 12.1. The third-order valence-corrected chi connectivity index (χ3v) is 5.87. The van der Waals surface area contributed by atoms with Gasteiger partial charge in [0.05, 0.1) is 19.6 Å². The second-order valence-electron chi connectivity index (χ2n) is 8.32. The van der Waals surface area contributed by atoms with E-state index in [1.807, 2.05) is 0 Å². The first kappa shape index (κ1) is 36.3. The van der Waals surface area contributed by atoms with Crippen LogP contribution in [0.4, 0.5) is 0 Å². The fourth-order valence-corrected chi connectivity index (χ4v) is 3.88. The van der Waals surface area contributed by atoms with Crippen LogP contribution >= 0.6 is 0 Å². The Morgan fingerprint density at radius 1 is 0.878 bits per heavy atom. The fraction of sp³-hybridized carbons (Fsp3) is 0.333. The summed E-state index contributed by atoms with van der Waals surface area (Å²) in [5.41, 5.74) is 8.55. The molecule has 2 aliphatic heterocycles. The van der Waals surface area contributed by atoms with Crippen LogP contribution in [-0.2, 0) is 32.1 Å². The van der Waals surface area contributed by atoms with Gasteiger partial charge in [-0.1, -0.05) is 12.1 Å². The molecule has 2 aromatic rings. The number of carbonyl (C=O) groups excluding carboxylic acids is 3. The van der Waals surface area contributed by atoms with Crippen molar-refractivity contribution >= 4 is 48.9 Å². The predicted molar refractivity (Wildman–Crippen MR) is 145 cm³/mol. The topological polar surface area (TPSA) is 228 Å². The Morgan fingerprint density at radius 2 is 1.37 bits per heavy atom. The number of hydrogen-bond donors (Lipinski definition) is 7. The Morgan fingerprint density at radius 3 is 1.85 bits per heavy atom. The van der Waals surface area contributed by atoms with Gasteiger partial charge >= 0.3 is 20.2 Å². The van der Waals surface area contributed by atoms with Crippen molar-refractivity contribution < 1.29 is 79.9 Å². The third kappa shape index (κ3) is 9.94. The molecular formula is C24H31B2N4O10U-. The molecule has 0 aromatic heterocycles. The van der Waals surface area contributed by atoms with Crippen LogP contribution in [0.3, 0.4) is 0 Å². The summed E-state index contributed by atoms with van der Waals surface area (Å²) < 4.78 is 10.2. The van der Waals surface area contributed by atoms with Crippen LogP contribution < -0.4 is 26.9 Å². The summed E-state index contributed by atoms with van der Waals surface area (Å²) in [6, 6.07) is 8.08. The number of benzene rings is 2. The maximum Gasteiger partial charge on any atom is 0.491 e. The van der Waals surface area contributed by atoms with E-state index in [4.69, 9.17) is 25.3 Å². The van der Waals surface area contributed by atoms with Gasteiger partial charge in [0.15, 0.2) is 0 Å². The molecular weight excluding hydrogens is 764 g/mol. The molecule has 4 rings (SSSR count). The predicted octanol–water partition coefficient (Wildman–Crippen LogP) is -2.48. The quantitative estimate of drug-likeness (QED) is 0.132. The fourth-order valence-electron chi connectivity index (χ4n) is 3.88. The van der Waals surface area contributed by atoms with Gasteiger partial charge in [-0.15, -0.1) is 0 Å². The summed E-state index contributed by atoms with van der Waals surface area (Å²) in [7, 11) is -0.0329. The van der Waals surface area contributed by atoms with Gasteiger partial charge in [-0.05, 0) is 46.3 Å². The number of hydrogen-bond acceptors (Lipinski definition) is 9. The van der Waals surface area contributed by atoms with E-state index in [-0.39, 0.29) is 75.0 Å². The largest absolute Gasteiger partial charge is 0.680 e. The maximum absolute atomic E-state index is 12.9. The Labute approximate surface area is 261 Å². The van der Waals surface area contributed by atoms with Gasteiger partial charge in [0.1, 0.15) is 6.04 Å². The summed E-state index contributed by atoms with van der Waals surface area (Å²) >= 11 is 0. The summed E-state index contributed by atoms with van der Waals surface area (Å²) in [5.74, 6) is -2.98. The molecule has 41 heavy (non-hydrogen) atoms. The molecule has 0 saturated heterocycles. The first-order valence-electron chi connectivity index (χ1n) is 12.1. The van der Waals surface area contributed by atoms with Crippen molar-refractivity contribution in [2.45, 2.75) is 25.7 Å². The molecule has 2 aromatic carbocycles. The van der Waals surface area contributed by atoms with Crippen molar-refractivity contribution in [2.75, 3.05) is 27.2 Å². The van der Waals surface area contributed by atoms with E-state index in [9.17, 15) is 29.2 Å². The van der Waals surface area contributed by atoms with E-state index in [2.05, 4.69) is 16.0 Å². The first-order chi connectivity index (χ1) is 19.2. The second kappa shape index (κ2) is 17.9. The summed E-state index contributed by atoms with van der Waals surface area (Å²) in [5, 5.41) is 43.1. The molecule has 17 heteroatoms. The van der Waals surface area contributed by atoms with Gasteiger partial charge in [-0.25, -0.2) is 0 Å². The standard InChI is InChI=1S/C22H23B2N3O9.CH4N.CH4O.U/c28-19(29)5-6-25-22(32)18(27-21(31)13-2-4-15-11-36-24(34)17(15)8-13)9-26-20(30)12-1-3-14-10-35-23(33)16(14)7-12;2*1-2;/h1-4,7-8,18,33-34H,5-6,9-11H2,(H,25,32)(H,26,30)(H,27,31)(H,28,29);2*2H,1H3;/q;-1;;. The van der Waals surface area contributed by atoms with Gasteiger partial charge in [-0.2, -0.15) is 7.05 Å².